The Kier molecular flexibility index (Phi) is 14.2. The lowest BCUT2D eigenvalue weighted by molar-refractivity contribution is -1.06. The van der Waals surface area contributed by atoms with Crippen molar-refractivity contribution in [3.8, 4) is 5.75 Å². The number of quaternary nitrogens is 1. The molecule has 0 bridgehead atoms. The minimum Gasteiger partial charge on any atom is -1.00 e. The molecule has 1 aliphatic carbocycles. The minimum atomic E-state index is -1.61. The number of anilines is 4. The van der Waals surface area contributed by atoms with Crippen LogP contribution in [0.25, 0.3) is 0 Å². The summed E-state index contributed by atoms with van der Waals surface area (Å²) < 4.78 is 51.4. The fourth-order valence-corrected chi connectivity index (χ4v) is 7.08. The molecule has 1 aliphatic heterocycles. The smallest absolute Gasteiger partial charge is 0.504 e. The Bertz CT molecular complexity index is 1320. The molecule has 2 fully saturated rings. The summed E-state index contributed by atoms with van der Waals surface area (Å²) in [6, 6.07) is 4.82. The molecule has 270 valence electrons. The van der Waals surface area contributed by atoms with Crippen molar-refractivity contribution in [2.75, 3.05) is 42.7 Å². The van der Waals surface area contributed by atoms with E-state index in [4.69, 9.17) is 23.7 Å². The van der Waals surface area contributed by atoms with Gasteiger partial charge in [0.25, 0.3) is 0 Å². The first-order valence-electron chi connectivity index (χ1n) is 16.9. The van der Waals surface area contributed by atoms with Crippen LogP contribution in [-0.2, 0) is 18.6 Å². The highest BCUT2D eigenvalue weighted by Gasteiger charge is 2.66. The zero-order chi connectivity index (χ0) is 34.3. The van der Waals surface area contributed by atoms with Gasteiger partial charge in [-0.2, -0.15) is 15.0 Å². The van der Waals surface area contributed by atoms with Gasteiger partial charge in [-0.3, -0.25) is 9.47 Å². The van der Waals surface area contributed by atoms with E-state index < -0.39 is 31.8 Å². The fraction of sp³-hybridized carbons (Fsp3) is 0.727. The van der Waals surface area contributed by atoms with E-state index in [1.807, 2.05) is 41.5 Å². The topological polar surface area (TPSA) is 129 Å². The van der Waals surface area contributed by atoms with Gasteiger partial charge >= 0.3 is 14.8 Å². The molecule has 3 unspecified atom stereocenters. The monoisotopic (exact) mass is 714 g/mol. The van der Waals surface area contributed by atoms with Crippen molar-refractivity contribution in [1.29, 1.82) is 0 Å². The molecule has 4 rings (SSSR count). The first-order chi connectivity index (χ1) is 22.2. The molecule has 3 atom stereocenters. The summed E-state index contributed by atoms with van der Waals surface area (Å²) in [6.07, 6.45) is 7.00. The van der Waals surface area contributed by atoms with Crippen LogP contribution < -0.4 is 33.1 Å². The highest BCUT2D eigenvalue weighted by atomic mass is 35.5. The minimum absolute atomic E-state index is 0. The molecule has 0 amide bonds. The average molecular weight is 715 g/mol. The van der Waals surface area contributed by atoms with Crippen LogP contribution in [0.5, 0.6) is 5.75 Å². The van der Waals surface area contributed by atoms with E-state index >= 15 is 0 Å². The van der Waals surface area contributed by atoms with E-state index in [9.17, 15) is 8.96 Å². The second-order valence-corrected chi connectivity index (χ2v) is 14.9. The number of rotatable bonds is 14. The molecule has 1 aromatic heterocycles. The third-order valence-electron chi connectivity index (χ3n) is 8.67. The number of aromatic nitrogens is 3. The second-order valence-electron chi connectivity index (χ2n) is 14.5. The summed E-state index contributed by atoms with van der Waals surface area (Å²) >= 11 is 0. The third-order valence-corrected chi connectivity index (χ3v) is 9.01. The van der Waals surface area contributed by atoms with Crippen molar-refractivity contribution in [3.05, 3.63) is 24.0 Å². The van der Waals surface area contributed by atoms with Gasteiger partial charge in [-0.1, -0.05) is 25.7 Å². The van der Waals surface area contributed by atoms with Crippen LogP contribution in [-0.4, -0.2) is 75.6 Å². The van der Waals surface area contributed by atoms with Crippen molar-refractivity contribution >= 4 is 32.2 Å². The summed E-state index contributed by atoms with van der Waals surface area (Å²) in [5, 5.41) is 10.1. The van der Waals surface area contributed by atoms with Crippen molar-refractivity contribution < 1.29 is 44.6 Å². The molecule has 12 nitrogen and oxygen atoms in total. The Morgan fingerprint density at radius 1 is 0.917 bits per heavy atom. The van der Waals surface area contributed by atoms with Crippen LogP contribution >= 0.6 is 8.69 Å². The molecule has 2 aliphatic rings. The van der Waals surface area contributed by atoms with E-state index in [-0.39, 0.29) is 40.7 Å². The van der Waals surface area contributed by atoms with E-state index in [2.05, 4.69) is 32.8 Å². The maximum absolute atomic E-state index is 14.5. The molecule has 2 heterocycles. The maximum atomic E-state index is 14.5. The zero-order valence-electron chi connectivity index (χ0n) is 29.8. The molecular weight excluding hydrogens is 660 g/mol. The van der Waals surface area contributed by atoms with Crippen LogP contribution in [0.3, 0.4) is 0 Å². The number of nitrogens with one attached hydrogen (secondary N) is 3. The molecule has 0 spiro atoms. The van der Waals surface area contributed by atoms with Gasteiger partial charge in [-0.05, 0) is 82.5 Å². The number of hydrogen-bond donors (Lipinski definition) is 3. The van der Waals surface area contributed by atoms with Gasteiger partial charge < -0.3 is 33.1 Å². The van der Waals surface area contributed by atoms with Crippen LogP contribution in [0.2, 0.25) is 0 Å². The average Bonchev–Trinajstić information content (AvgIpc) is 3.24. The summed E-state index contributed by atoms with van der Waals surface area (Å²) in [5.74, 6) is 0.770. The number of benzene rings is 1. The summed E-state index contributed by atoms with van der Waals surface area (Å²) in [7, 11) is 0.347. The lowest BCUT2D eigenvalue weighted by atomic mass is 10.1. The van der Waals surface area contributed by atoms with Crippen LogP contribution in [0, 0.1) is 5.82 Å². The highest BCUT2D eigenvalue weighted by Crippen LogP contribution is 2.45. The lowest BCUT2D eigenvalue weighted by Crippen LogP contribution is -3.00. The maximum Gasteiger partial charge on any atom is 0.504 e. The first kappa shape index (κ1) is 40.0. The van der Waals surface area contributed by atoms with Crippen molar-refractivity contribution in [3.63, 3.8) is 0 Å². The van der Waals surface area contributed by atoms with Gasteiger partial charge in [0, 0.05) is 30.6 Å². The Balaban J connectivity index is 0.00000625. The molecule has 0 radical (unpaired) electrons. The fourth-order valence-electron chi connectivity index (χ4n) is 6.71. The van der Waals surface area contributed by atoms with Crippen molar-refractivity contribution in [1.82, 2.24) is 15.0 Å². The first-order valence-corrected chi connectivity index (χ1v) is 17.7. The number of likely N-dealkylation sites (tertiary alicyclic amines) is 1. The SMILES string of the molecule is CC[N+]1(C(O[PH+]=O)(OC(C)(C)C)OC(C)(C)C)CCCC1CNc1nc(Nc2ccc(OC)c(F)c2)nc(NC2CCCCCC2)n1.[Cl-]. The number of nitrogens with zero attached hydrogens (tertiary/aromatic N) is 4. The number of hydrogen-bond acceptors (Lipinski definition) is 11. The van der Waals surface area contributed by atoms with Crippen molar-refractivity contribution in [2.45, 2.75) is 129 Å². The second kappa shape index (κ2) is 17.0. The molecule has 48 heavy (non-hydrogen) atoms. The quantitative estimate of drug-likeness (QED) is 0.111. The molecule has 3 N–H and O–H groups in total. The molecular formula is C33H55ClFN7O5P+. The number of methoxy groups -OCH3 is 1. The largest absolute Gasteiger partial charge is 1.00 e. The van der Waals surface area contributed by atoms with Gasteiger partial charge in [-0.25, -0.2) is 8.87 Å². The van der Waals surface area contributed by atoms with Gasteiger partial charge in [0.2, 0.25) is 17.8 Å². The van der Waals surface area contributed by atoms with Crippen LogP contribution in [0.1, 0.15) is 99.8 Å². The Morgan fingerprint density at radius 3 is 2.10 bits per heavy atom. The predicted octanol–water partition coefficient (Wildman–Crippen LogP) is 4.51. The predicted molar refractivity (Wildman–Crippen MR) is 183 cm³/mol. The van der Waals surface area contributed by atoms with E-state index in [0.717, 1.165) is 38.5 Å². The molecule has 2 aromatic rings. The summed E-state index contributed by atoms with van der Waals surface area (Å²) in [6.45, 7) is 15.5. The van der Waals surface area contributed by atoms with Gasteiger partial charge in [0.1, 0.15) is 6.04 Å². The molecule has 1 saturated carbocycles. The summed E-state index contributed by atoms with van der Waals surface area (Å²) in [4.78, 5) is 14.1. The third kappa shape index (κ3) is 10.3. The number of ether oxygens (including phenoxy) is 3. The standard InChI is InChI=1S/C33H55FN7O5P.ClH/c1-9-41(33(46-47-42,44-31(2,3)4)45-32(5,6)7)20-14-17-25(41)22-35-28-38-29(36-23-15-12-10-11-13-16-23)40-30(39-28)37-24-18-19-27(43-8)26(34)21-24;/h18-19,21,23,25,47H,9-17,20,22H2,1-8H3,(H3,35,36,37,38,39,40);1H/q+2;/p-1. The molecule has 15 heteroatoms. The van der Waals surface area contributed by atoms with Crippen molar-refractivity contribution in [2.24, 2.45) is 0 Å². The molecule has 1 aromatic carbocycles. The Labute approximate surface area is 292 Å². The Morgan fingerprint density at radius 2 is 1.54 bits per heavy atom. The summed E-state index contributed by atoms with van der Waals surface area (Å²) in [5.41, 5.74) is -0.822. The van der Waals surface area contributed by atoms with Gasteiger partial charge in [0.15, 0.2) is 11.6 Å². The lowest BCUT2D eigenvalue weighted by Gasteiger charge is -2.51. The van der Waals surface area contributed by atoms with Crippen LogP contribution in [0.4, 0.5) is 27.9 Å². The zero-order valence-corrected chi connectivity index (χ0v) is 31.5. The normalized spacial score (nSPS) is 21.0. The number of likely N-dealkylation sites (N-methyl/N-ethyl adjacent to an activating group) is 1. The number of halogens is 2. The van der Waals surface area contributed by atoms with E-state index in [1.165, 1.54) is 26.0 Å². The van der Waals surface area contributed by atoms with Crippen LogP contribution in [0.15, 0.2) is 18.2 Å². The molecule has 1 saturated heterocycles. The van der Waals surface area contributed by atoms with Gasteiger partial charge in [0.05, 0.1) is 37.9 Å². The van der Waals surface area contributed by atoms with Gasteiger partial charge in [-0.15, -0.1) is 0 Å². The van der Waals surface area contributed by atoms with E-state index in [1.54, 1.807) is 12.1 Å². The van der Waals surface area contributed by atoms with E-state index in [0.29, 0.717) is 37.2 Å². The Hall–Kier alpha value is -2.41. The highest BCUT2D eigenvalue weighted by molar-refractivity contribution is 7.17.